The number of ether oxygens (including phenoxy) is 2. The molecule has 1 N–H and O–H groups in total. The van der Waals surface area contributed by atoms with Gasteiger partial charge in [-0.05, 0) is 60.1 Å². The monoisotopic (exact) mass is 605 g/mol. The maximum atomic E-state index is 13.7. The highest BCUT2D eigenvalue weighted by Crippen LogP contribution is 2.54. The third kappa shape index (κ3) is 5.53. The van der Waals surface area contributed by atoms with Gasteiger partial charge >= 0.3 is 0 Å². The predicted molar refractivity (Wildman–Crippen MR) is 158 cm³/mol. The number of carbonyl (C=O) groups excluding carboxylic acids is 3. The number of carbonyl (C=O) groups is 3. The van der Waals surface area contributed by atoms with Crippen LogP contribution in [-0.2, 0) is 19.1 Å². The van der Waals surface area contributed by atoms with Gasteiger partial charge in [0.15, 0.2) is 18.2 Å². The molecular weight excluding hydrogens is 570 g/mol. The van der Waals surface area contributed by atoms with Gasteiger partial charge in [-0.3, -0.25) is 14.4 Å². The van der Waals surface area contributed by atoms with E-state index in [1.807, 2.05) is 44.2 Å². The molecule has 2 aromatic carbocycles. The Balaban J connectivity index is 1.54. The van der Waals surface area contributed by atoms with Crippen molar-refractivity contribution < 1.29 is 23.9 Å². The van der Waals surface area contributed by atoms with Gasteiger partial charge in [-0.15, -0.1) is 0 Å². The Kier molecular flexibility index (Phi) is 7.32. The Bertz CT molecular complexity index is 1440. The molecule has 2 aliphatic carbocycles. The second-order valence-electron chi connectivity index (χ2n) is 12.9. The van der Waals surface area contributed by atoms with Crippen molar-refractivity contribution in [3.63, 3.8) is 0 Å². The van der Waals surface area contributed by atoms with Crippen LogP contribution in [0.5, 0.6) is 5.75 Å². The van der Waals surface area contributed by atoms with Gasteiger partial charge in [-0.25, -0.2) is 0 Å². The number of ketones is 2. The van der Waals surface area contributed by atoms with E-state index in [1.54, 1.807) is 6.07 Å². The number of allylic oxidation sites excluding steroid dienone is 4. The average Bonchev–Trinajstić information content (AvgIpc) is 2.83. The first-order valence-electron chi connectivity index (χ1n) is 13.7. The van der Waals surface area contributed by atoms with Crippen molar-refractivity contribution >= 4 is 39.1 Å². The van der Waals surface area contributed by atoms with Crippen LogP contribution in [0, 0.1) is 24.7 Å². The van der Waals surface area contributed by atoms with E-state index in [2.05, 4.69) is 48.9 Å². The quantitative estimate of drug-likeness (QED) is 0.382. The first-order chi connectivity index (χ1) is 18.7. The van der Waals surface area contributed by atoms with Crippen molar-refractivity contribution in [2.75, 3.05) is 11.9 Å². The maximum absolute atomic E-state index is 13.7. The van der Waals surface area contributed by atoms with E-state index in [0.29, 0.717) is 59.7 Å². The minimum Gasteiger partial charge on any atom is -0.483 e. The molecule has 0 atom stereocenters. The molecule has 7 heteroatoms. The molecule has 0 saturated heterocycles. The zero-order chi connectivity index (χ0) is 29.0. The topological polar surface area (TPSA) is 81.7 Å². The summed E-state index contributed by atoms with van der Waals surface area (Å²) in [6.07, 6.45) is 1.96. The van der Waals surface area contributed by atoms with E-state index in [0.717, 1.165) is 21.3 Å². The number of hydrogen-bond donors (Lipinski definition) is 1. The van der Waals surface area contributed by atoms with Crippen LogP contribution >= 0.6 is 15.9 Å². The molecule has 1 amide bonds. The molecule has 0 aromatic heterocycles. The lowest BCUT2D eigenvalue weighted by Crippen LogP contribution is -2.37. The SMILES string of the molecule is Cc1cccc(NC(=O)COc2ccc(Br)cc2C2C3=C(CC(C)(C)CC3=O)OC3=C2C(=O)CC(C)(C)C3)c1C. The second kappa shape index (κ2) is 10.3. The molecule has 1 aliphatic heterocycles. The fourth-order valence-electron chi connectivity index (χ4n) is 6.08. The van der Waals surface area contributed by atoms with Crippen molar-refractivity contribution in [2.24, 2.45) is 10.8 Å². The largest absolute Gasteiger partial charge is 0.483 e. The smallest absolute Gasteiger partial charge is 0.262 e. The summed E-state index contributed by atoms with van der Waals surface area (Å²) in [5.74, 6) is 0.822. The molecule has 5 rings (SSSR count). The Morgan fingerprint density at radius 3 is 2.15 bits per heavy atom. The van der Waals surface area contributed by atoms with Gasteiger partial charge < -0.3 is 14.8 Å². The van der Waals surface area contributed by atoms with Crippen molar-refractivity contribution in [3.05, 3.63) is 80.2 Å². The van der Waals surface area contributed by atoms with Gasteiger partial charge in [0.25, 0.3) is 5.91 Å². The molecular formula is C33H36BrNO5. The molecule has 0 unspecified atom stereocenters. The summed E-state index contributed by atoms with van der Waals surface area (Å²) >= 11 is 3.58. The number of benzene rings is 2. The first-order valence-corrected chi connectivity index (χ1v) is 14.5. The number of halogens is 1. The number of anilines is 1. The van der Waals surface area contributed by atoms with Crippen LogP contribution in [-0.4, -0.2) is 24.1 Å². The van der Waals surface area contributed by atoms with Crippen LogP contribution in [0.2, 0.25) is 0 Å². The van der Waals surface area contributed by atoms with E-state index in [-0.39, 0.29) is 34.9 Å². The minimum atomic E-state index is -0.611. The molecule has 0 spiro atoms. The van der Waals surface area contributed by atoms with Crippen molar-refractivity contribution in [3.8, 4) is 5.75 Å². The summed E-state index contributed by atoms with van der Waals surface area (Å²) in [5, 5.41) is 2.93. The van der Waals surface area contributed by atoms with E-state index in [9.17, 15) is 14.4 Å². The molecule has 0 fully saturated rings. The van der Waals surface area contributed by atoms with Crippen LogP contribution in [0.4, 0.5) is 5.69 Å². The molecule has 1 heterocycles. The number of hydrogen-bond acceptors (Lipinski definition) is 5. The predicted octanol–water partition coefficient (Wildman–Crippen LogP) is 7.48. The molecule has 210 valence electrons. The number of Topliss-reactive ketones (excluding diaryl/α,β-unsaturated/α-hetero) is 2. The van der Waals surface area contributed by atoms with E-state index >= 15 is 0 Å². The zero-order valence-electron chi connectivity index (χ0n) is 24.0. The molecule has 2 aromatic rings. The van der Waals surface area contributed by atoms with E-state index in [4.69, 9.17) is 9.47 Å². The zero-order valence-corrected chi connectivity index (χ0v) is 25.6. The van der Waals surface area contributed by atoms with Crippen molar-refractivity contribution in [1.29, 1.82) is 0 Å². The third-order valence-electron chi connectivity index (χ3n) is 8.10. The van der Waals surface area contributed by atoms with Crippen LogP contribution < -0.4 is 10.1 Å². The van der Waals surface area contributed by atoms with Crippen LogP contribution in [0.25, 0.3) is 0 Å². The Labute approximate surface area is 244 Å². The standard InChI is InChI=1S/C33H36BrNO5/c1-18-8-7-9-22(19(18)2)35-28(38)17-39-25-11-10-20(34)12-21(25)29-30-23(36)13-32(3,4)15-26(30)40-27-16-33(5,6)14-24(37)31(27)29/h7-12,29H,13-17H2,1-6H3,(H,35,38). The number of amides is 1. The normalized spacial score (nSPS) is 20.1. The average molecular weight is 607 g/mol. The Hall–Kier alpha value is -3.19. The van der Waals surface area contributed by atoms with Crippen LogP contribution in [0.15, 0.2) is 63.5 Å². The molecule has 0 saturated carbocycles. The molecule has 40 heavy (non-hydrogen) atoms. The van der Waals surface area contributed by atoms with Crippen molar-refractivity contribution in [1.82, 2.24) is 0 Å². The number of rotatable bonds is 5. The van der Waals surface area contributed by atoms with E-state index < -0.39 is 5.92 Å². The highest BCUT2D eigenvalue weighted by atomic mass is 79.9. The highest BCUT2D eigenvalue weighted by Gasteiger charge is 2.48. The van der Waals surface area contributed by atoms with Gasteiger partial charge in [0.2, 0.25) is 0 Å². The fraction of sp³-hybridized carbons (Fsp3) is 0.424. The Morgan fingerprint density at radius 1 is 0.950 bits per heavy atom. The lowest BCUT2D eigenvalue weighted by atomic mass is 9.65. The van der Waals surface area contributed by atoms with Gasteiger partial charge in [0.1, 0.15) is 17.3 Å². The maximum Gasteiger partial charge on any atom is 0.262 e. The molecule has 6 nitrogen and oxygen atoms in total. The van der Waals surface area contributed by atoms with Gasteiger partial charge in [0.05, 0.1) is 5.92 Å². The number of nitrogens with one attached hydrogen (secondary N) is 1. The highest BCUT2D eigenvalue weighted by molar-refractivity contribution is 9.10. The molecule has 0 bridgehead atoms. The third-order valence-corrected chi connectivity index (χ3v) is 8.60. The van der Waals surface area contributed by atoms with Crippen molar-refractivity contribution in [2.45, 2.75) is 73.1 Å². The lowest BCUT2D eigenvalue weighted by Gasteiger charge is -2.43. The summed E-state index contributed by atoms with van der Waals surface area (Å²) in [7, 11) is 0. The first kappa shape index (κ1) is 28.3. The number of aryl methyl sites for hydroxylation is 1. The summed E-state index contributed by atoms with van der Waals surface area (Å²) in [6, 6.07) is 11.3. The fourth-order valence-corrected chi connectivity index (χ4v) is 6.46. The minimum absolute atomic E-state index is 0.0148. The van der Waals surface area contributed by atoms with Crippen LogP contribution in [0.3, 0.4) is 0 Å². The molecule has 3 aliphatic rings. The second-order valence-corrected chi connectivity index (χ2v) is 13.8. The van der Waals surface area contributed by atoms with Gasteiger partial charge in [-0.2, -0.15) is 0 Å². The summed E-state index contributed by atoms with van der Waals surface area (Å²) in [4.78, 5) is 40.3. The lowest BCUT2D eigenvalue weighted by molar-refractivity contribution is -0.121. The van der Waals surface area contributed by atoms with E-state index in [1.165, 1.54) is 0 Å². The summed E-state index contributed by atoms with van der Waals surface area (Å²) in [6.45, 7) is 12.0. The van der Waals surface area contributed by atoms with Gasteiger partial charge in [0, 0.05) is 52.6 Å². The van der Waals surface area contributed by atoms with Gasteiger partial charge in [-0.1, -0.05) is 55.8 Å². The summed E-state index contributed by atoms with van der Waals surface area (Å²) in [5.41, 5.74) is 4.09. The Morgan fingerprint density at radius 2 is 1.55 bits per heavy atom. The summed E-state index contributed by atoms with van der Waals surface area (Å²) < 4.78 is 13.3. The van der Waals surface area contributed by atoms with Crippen LogP contribution in [0.1, 0.15) is 76.0 Å². The molecule has 0 radical (unpaired) electrons.